The van der Waals surface area contributed by atoms with Gasteiger partial charge in [-0.3, -0.25) is 0 Å². The quantitative estimate of drug-likeness (QED) is 0.353. The lowest BCUT2D eigenvalue weighted by Gasteiger charge is -2.15. The van der Waals surface area contributed by atoms with Crippen molar-refractivity contribution < 1.29 is 4.39 Å². The summed E-state index contributed by atoms with van der Waals surface area (Å²) in [5.41, 5.74) is 2.00. The molecule has 0 nitrogen and oxygen atoms in total. The Morgan fingerprint density at radius 3 is 2.29 bits per heavy atom. The van der Waals surface area contributed by atoms with Gasteiger partial charge in [0.2, 0.25) is 0 Å². The van der Waals surface area contributed by atoms with Crippen LogP contribution in [0.15, 0.2) is 63.5 Å². The monoisotopic (exact) mass is 470 g/mol. The number of halogens is 4. The third kappa shape index (κ3) is 3.08. The molecule has 1 atom stereocenters. The van der Waals surface area contributed by atoms with Crippen molar-refractivity contribution in [2.45, 2.75) is 4.83 Å². The molecule has 0 heterocycles. The van der Waals surface area contributed by atoms with Gasteiger partial charge in [0, 0.05) is 8.95 Å². The first-order chi connectivity index (χ1) is 10.1. The van der Waals surface area contributed by atoms with Crippen molar-refractivity contribution >= 4 is 58.6 Å². The molecule has 4 heteroatoms. The van der Waals surface area contributed by atoms with Crippen LogP contribution >= 0.6 is 47.8 Å². The van der Waals surface area contributed by atoms with Gasteiger partial charge in [0.05, 0.1) is 4.83 Å². The molecule has 3 rings (SSSR count). The van der Waals surface area contributed by atoms with Gasteiger partial charge >= 0.3 is 0 Å². The van der Waals surface area contributed by atoms with Crippen molar-refractivity contribution in [1.29, 1.82) is 0 Å². The SMILES string of the molecule is Fc1cc(Br)cc(C(Br)c2ccc(Br)c3ccccc23)c1. The fourth-order valence-electron chi connectivity index (χ4n) is 2.41. The van der Waals surface area contributed by atoms with Crippen molar-refractivity contribution in [2.24, 2.45) is 0 Å². The predicted octanol–water partition coefficient (Wildman–Crippen LogP) is 6.99. The number of fused-ring (bicyclic) bond motifs is 1. The molecule has 0 saturated carbocycles. The highest BCUT2D eigenvalue weighted by molar-refractivity contribution is 9.11. The molecule has 0 N–H and O–H groups in total. The number of benzene rings is 3. The molecule has 0 aliphatic carbocycles. The van der Waals surface area contributed by atoms with E-state index in [0.717, 1.165) is 30.8 Å². The lowest BCUT2D eigenvalue weighted by Crippen LogP contribution is -1.95. The molecule has 3 aromatic carbocycles. The zero-order valence-electron chi connectivity index (χ0n) is 10.8. The Morgan fingerprint density at radius 2 is 1.57 bits per heavy atom. The van der Waals surface area contributed by atoms with Gasteiger partial charge < -0.3 is 0 Å². The Morgan fingerprint density at radius 1 is 0.857 bits per heavy atom. The summed E-state index contributed by atoms with van der Waals surface area (Å²) in [7, 11) is 0. The van der Waals surface area contributed by atoms with Crippen molar-refractivity contribution in [3.8, 4) is 0 Å². The molecule has 21 heavy (non-hydrogen) atoms. The molecule has 0 spiro atoms. The first-order valence-electron chi connectivity index (χ1n) is 6.33. The van der Waals surface area contributed by atoms with Crippen LogP contribution in [-0.2, 0) is 0 Å². The Kier molecular flexibility index (Phi) is 4.48. The molecule has 0 radical (unpaired) electrons. The summed E-state index contributed by atoms with van der Waals surface area (Å²) >= 11 is 10.6. The van der Waals surface area contributed by atoms with E-state index >= 15 is 0 Å². The van der Waals surface area contributed by atoms with E-state index in [1.54, 1.807) is 6.07 Å². The van der Waals surface area contributed by atoms with Crippen molar-refractivity contribution in [1.82, 2.24) is 0 Å². The topological polar surface area (TPSA) is 0 Å². The molecule has 1 unspecified atom stereocenters. The summed E-state index contributed by atoms with van der Waals surface area (Å²) < 4.78 is 15.4. The van der Waals surface area contributed by atoms with Crippen LogP contribution in [0, 0.1) is 5.82 Å². The van der Waals surface area contributed by atoms with Crippen LogP contribution in [0.3, 0.4) is 0 Å². The Balaban J connectivity index is 2.18. The molecule has 0 saturated heterocycles. The second kappa shape index (κ2) is 6.19. The average molecular weight is 473 g/mol. The van der Waals surface area contributed by atoms with E-state index in [1.807, 2.05) is 24.3 Å². The molecular formula is C17H10Br3F. The highest BCUT2D eigenvalue weighted by atomic mass is 79.9. The molecule has 0 aliphatic rings. The first-order valence-corrected chi connectivity index (χ1v) is 8.83. The molecular weight excluding hydrogens is 463 g/mol. The smallest absolute Gasteiger partial charge is 0.124 e. The minimum Gasteiger partial charge on any atom is -0.207 e. The van der Waals surface area contributed by atoms with Crippen LogP contribution in [0.1, 0.15) is 16.0 Å². The largest absolute Gasteiger partial charge is 0.207 e. The van der Waals surface area contributed by atoms with Gasteiger partial charge in [-0.2, -0.15) is 0 Å². The van der Waals surface area contributed by atoms with Gasteiger partial charge in [0.1, 0.15) is 5.82 Å². The van der Waals surface area contributed by atoms with Crippen molar-refractivity contribution in [3.63, 3.8) is 0 Å². The minimum absolute atomic E-state index is 0.0671. The van der Waals surface area contributed by atoms with Gasteiger partial charge in [0.15, 0.2) is 0 Å². The van der Waals surface area contributed by atoms with E-state index in [9.17, 15) is 4.39 Å². The number of hydrogen-bond acceptors (Lipinski definition) is 0. The second-order valence-corrected chi connectivity index (χ2v) is 7.43. The zero-order chi connectivity index (χ0) is 15.0. The molecule has 3 aromatic rings. The molecule has 0 fully saturated rings. The number of hydrogen-bond donors (Lipinski definition) is 0. The van der Waals surface area contributed by atoms with E-state index in [2.05, 4.69) is 66.0 Å². The summed E-state index contributed by atoms with van der Waals surface area (Å²) in [6.45, 7) is 0. The number of rotatable bonds is 2. The zero-order valence-corrected chi connectivity index (χ0v) is 15.5. The summed E-state index contributed by atoms with van der Waals surface area (Å²) in [5, 5.41) is 2.30. The third-order valence-corrected chi connectivity index (χ3v) is 5.53. The van der Waals surface area contributed by atoms with Gasteiger partial charge in [0.25, 0.3) is 0 Å². The summed E-state index contributed by atoms with van der Waals surface area (Å²) in [5.74, 6) is -0.245. The Hall–Kier alpha value is -0.710. The number of alkyl halides is 1. The first kappa shape index (κ1) is 15.2. The predicted molar refractivity (Wildman–Crippen MR) is 96.5 cm³/mol. The van der Waals surface area contributed by atoms with E-state index in [0.29, 0.717) is 0 Å². The lowest BCUT2D eigenvalue weighted by atomic mass is 9.98. The van der Waals surface area contributed by atoms with E-state index in [4.69, 9.17) is 0 Å². The Bertz CT molecular complexity index is 794. The van der Waals surface area contributed by atoms with Gasteiger partial charge in [-0.1, -0.05) is 78.1 Å². The maximum Gasteiger partial charge on any atom is 0.124 e. The van der Waals surface area contributed by atoms with E-state index in [-0.39, 0.29) is 10.6 Å². The molecule has 0 bridgehead atoms. The van der Waals surface area contributed by atoms with Crippen LogP contribution < -0.4 is 0 Å². The molecule has 0 amide bonds. The summed E-state index contributed by atoms with van der Waals surface area (Å²) in [4.78, 5) is -0.0671. The van der Waals surface area contributed by atoms with Crippen molar-refractivity contribution in [3.05, 3.63) is 80.5 Å². The highest BCUT2D eigenvalue weighted by Gasteiger charge is 2.15. The van der Waals surface area contributed by atoms with Gasteiger partial charge in [-0.05, 0) is 46.2 Å². The third-order valence-electron chi connectivity index (χ3n) is 3.36. The van der Waals surface area contributed by atoms with Crippen molar-refractivity contribution in [2.75, 3.05) is 0 Å². The second-order valence-electron chi connectivity index (χ2n) is 4.75. The van der Waals surface area contributed by atoms with Gasteiger partial charge in [-0.25, -0.2) is 4.39 Å². The molecule has 0 aromatic heterocycles. The van der Waals surface area contributed by atoms with Crippen LogP contribution in [0.4, 0.5) is 4.39 Å². The normalized spacial score (nSPS) is 12.6. The van der Waals surface area contributed by atoms with Crippen LogP contribution in [0.5, 0.6) is 0 Å². The minimum atomic E-state index is -0.245. The molecule has 106 valence electrons. The highest BCUT2D eigenvalue weighted by Crippen LogP contribution is 2.38. The Labute approximate surface area is 147 Å². The standard InChI is InChI=1S/C17H10Br3F/c18-11-7-10(8-12(21)9-11)17(20)15-5-6-16(19)14-4-2-1-3-13(14)15/h1-9,17H. The van der Waals surface area contributed by atoms with E-state index in [1.165, 1.54) is 6.07 Å². The maximum absolute atomic E-state index is 13.6. The van der Waals surface area contributed by atoms with Gasteiger partial charge in [-0.15, -0.1) is 0 Å². The lowest BCUT2D eigenvalue weighted by molar-refractivity contribution is 0.625. The molecule has 0 aliphatic heterocycles. The van der Waals surface area contributed by atoms with E-state index < -0.39 is 0 Å². The van der Waals surface area contributed by atoms with Crippen LogP contribution in [-0.4, -0.2) is 0 Å². The van der Waals surface area contributed by atoms with Crippen LogP contribution in [0.25, 0.3) is 10.8 Å². The fourth-order valence-corrected chi connectivity index (χ4v) is 4.03. The van der Waals surface area contributed by atoms with Crippen LogP contribution in [0.2, 0.25) is 0 Å². The maximum atomic E-state index is 13.6. The summed E-state index contributed by atoms with van der Waals surface area (Å²) in [6, 6.07) is 17.2. The summed E-state index contributed by atoms with van der Waals surface area (Å²) in [6.07, 6.45) is 0. The average Bonchev–Trinajstić information content (AvgIpc) is 2.46. The fraction of sp³-hybridized carbons (Fsp3) is 0.0588.